The highest BCUT2D eigenvalue weighted by atomic mass is 16.7. The molecule has 0 N–H and O–H groups in total. The summed E-state index contributed by atoms with van der Waals surface area (Å²) in [6.07, 6.45) is 4.95. The highest BCUT2D eigenvalue weighted by molar-refractivity contribution is 4.63. The van der Waals surface area contributed by atoms with E-state index in [1.54, 1.807) is 6.08 Å². The molecule has 0 bridgehead atoms. The zero-order valence-corrected chi connectivity index (χ0v) is 17.1. The fraction of sp³-hybridized carbons (Fsp3) is 0.900. The van der Waals surface area contributed by atoms with Crippen LogP contribution in [-0.4, -0.2) is 98.8 Å². The maximum absolute atomic E-state index is 5.58. The Bertz CT molecular complexity index is 323. The van der Waals surface area contributed by atoms with Crippen molar-refractivity contribution in [2.24, 2.45) is 0 Å². The van der Waals surface area contributed by atoms with Crippen LogP contribution in [0.2, 0.25) is 0 Å². The number of rotatable bonds is 21. The fourth-order valence-corrected chi connectivity index (χ4v) is 2.35. The molecule has 1 aliphatic rings. The number of hydrogen-bond donors (Lipinski definition) is 0. The van der Waals surface area contributed by atoms with Gasteiger partial charge in [0.1, 0.15) is 0 Å². The van der Waals surface area contributed by atoms with Crippen molar-refractivity contribution < 1.29 is 37.9 Å². The largest absolute Gasteiger partial charge is 0.377 e. The van der Waals surface area contributed by atoms with Crippen LogP contribution >= 0.6 is 0 Å². The molecule has 0 aromatic rings. The lowest BCUT2D eigenvalue weighted by Gasteiger charge is -2.22. The monoisotopic (exact) mass is 406 g/mol. The van der Waals surface area contributed by atoms with E-state index in [0.717, 1.165) is 19.4 Å². The van der Waals surface area contributed by atoms with Crippen molar-refractivity contribution in [1.29, 1.82) is 0 Å². The molecule has 1 unspecified atom stereocenters. The molecule has 8 nitrogen and oxygen atoms in total. The van der Waals surface area contributed by atoms with Crippen LogP contribution in [0.15, 0.2) is 12.7 Å². The quantitative estimate of drug-likeness (QED) is 0.211. The van der Waals surface area contributed by atoms with Gasteiger partial charge < -0.3 is 37.9 Å². The topological polar surface area (TPSA) is 73.8 Å². The van der Waals surface area contributed by atoms with E-state index in [0.29, 0.717) is 85.9 Å². The second-order valence-corrected chi connectivity index (χ2v) is 6.09. The SMILES string of the molecule is C=CCOCCOCCOCCOCCOCCOCCOC1CCCCO1. The molecule has 0 aromatic heterocycles. The van der Waals surface area contributed by atoms with Crippen molar-refractivity contribution in [3.8, 4) is 0 Å². The molecule has 1 aliphatic heterocycles. The third kappa shape index (κ3) is 17.5. The van der Waals surface area contributed by atoms with Crippen molar-refractivity contribution in [1.82, 2.24) is 0 Å². The zero-order chi connectivity index (χ0) is 20.0. The van der Waals surface area contributed by atoms with Crippen molar-refractivity contribution in [2.75, 3.05) is 92.5 Å². The summed E-state index contributed by atoms with van der Waals surface area (Å²) in [5.74, 6) is 0. The summed E-state index contributed by atoms with van der Waals surface area (Å²) in [6.45, 7) is 11.6. The van der Waals surface area contributed by atoms with Gasteiger partial charge in [-0.3, -0.25) is 0 Å². The van der Waals surface area contributed by atoms with Gasteiger partial charge in [-0.2, -0.15) is 0 Å². The predicted octanol–water partition coefficient (Wildman–Crippen LogP) is 1.82. The summed E-state index contributed by atoms with van der Waals surface area (Å²) in [5, 5.41) is 0. The first-order valence-electron chi connectivity index (χ1n) is 10.2. The minimum atomic E-state index is -0.0516. The summed E-state index contributed by atoms with van der Waals surface area (Å²) in [6, 6.07) is 0. The Morgan fingerprint density at radius 2 is 1.11 bits per heavy atom. The molecule has 1 rings (SSSR count). The molecule has 1 saturated heterocycles. The molecular weight excluding hydrogens is 368 g/mol. The van der Waals surface area contributed by atoms with E-state index in [-0.39, 0.29) is 6.29 Å². The Kier molecular flexibility index (Phi) is 19.2. The van der Waals surface area contributed by atoms with Crippen LogP contribution in [0.5, 0.6) is 0 Å². The second kappa shape index (κ2) is 21.1. The van der Waals surface area contributed by atoms with E-state index < -0.39 is 0 Å². The number of ether oxygens (including phenoxy) is 8. The lowest BCUT2D eigenvalue weighted by molar-refractivity contribution is -0.169. The predicted molar refractivity (Wildman–Crippen MR) is 105 cm³/mol. The lowest BCUT2D eigenvalue weighted by atomic mass is 10.2. The maximum atomic E-state index is 5.58. The van der Waals surface area contributed by atoms with Crippen LogP contribution in [0.1, 0.15) is 19.3 Å². The molecule has 8 heteroatoms. The third-order valence-corrected chi connectivity index (χ3v) is 3.77. The molecule has 1 heterocycles. The average Bonchev–Trinajstić information content (AvgIpc) is 2.73. The molecule has 0 aliphatic carbocycles. The summed E-state index contributed by atoms with van der Waals surface area (Å²) in [5.41, 5.74) is 0. The molecule has 0 radical (unpaired) electrons. The van der Waals surface area contributed by atoms with Crippen LogP contribution in [0.25, 0.3) is 0 Å². The molecule has 0 amide bonds. The van der Waals surface area contributed by atoms with E-state index >= 15 is 0 Å². The minimum absolute atomic E-state index is 0.0516. The Morgan fingerprint density at radius 3 is 1.54 bits per heavy atom. The van der Waals surface area contributed by atoms with Crippen LogP contribution in [0.3, 0.4) is 0 Å². The minimum Gasteiger partial charge on any atom is -0.377 e. The van der Waals surface area contributed by atoms with Gasteiger partial charge in [0.25, 0.3) is 0 Å². The molecular formula is C20H38O8. The van der Waals surface area contributed by atoms with Crippen LogP contribution in [-0.2, 0) is 37.9 Å². The normalized spacial score (nSPS) is 17.1. The summed E-state index contributed by atoms with van der Waals surface area (Å²) in [4.78, 5) is 0. The van der Waals surface area contributed by atoms with Gasteiger partial charge in [0, 0.05) is 6.61 Å². The van der Waals surface area contributed by atoms with Gasteiger partial charge >= 0.3 is 0 Å². The molecule has 1 atom stereocenters. The van der Waals surface area contributed by atoms with Crippen LogP contribution < -0.4 is 0 Å². The van der Waals surface area contributed by atoms with Gasteiger partial charge in [0.2, 0.25) is 0 Å². The smallest absolute Gasteiger partial charge is 0.157 e. The van der Waals surface area contributed by atoms with Gasteiger partial charge in [-0.05, 0) is 19.3 Å². The van der Waals surface area contributed by atoms with Crippen molar-refractivity contribution in [2.45, 2.75) is 25.6 Å². The second-order valence-electron chi connectivity index (χ2n) is 6.09. The van der Waals surface area contributed by atoms with Crippen molar-refractivity contribution in [3.05, 3.63) is 12.7 Å². The maximum Gasteiger partial charge on any atom is 0.157 e. The number of hydrogen-bond acceptors (Lipinski definition) is 8. The van der Waals surface area contributed by atoms with Crippen molar-refractivity contribution >= 4 is 0 Å². The summed E-state index contributed by atoms with van der Waals surface area (Å²) in [7, 11) is 0. The fourth-order valence-electron chi connectivity index (χ4n) is 2.35. The van der Waals surface area contributed by atoms with E-state index in [4.69, 9.17) is 37.9 Å². The zero-order valence-electron chi connectivity index (χ0n) is 17.1. The first-order chi connectivity index (χ1) is 13.9. The van der Waals surface area contributed by atoms with E-state index in [2.05, 4.69) is 6.58 Å². The Balaban J connectivity index is 1.64. The summed E-state index contributed by atoms with van der Waals surface area (Å²) >= 11 is 0. The molecule has 166 valence electrons. The molecule has 0 saturated carbocycles. The van der Waals surface area contributed by atoms with Crippen LogP contribution in [0.4, 0.5) is 0 Å². The average molecular weight is 407 g/mol. The Hall–Kier alpha value is -0.580. The van der Waals surface area contributed by atoms with Gasteiger partial charge in [0.05, 0.1) is 85.9 Å². The van der Waals surface area contributed by atoms with E-state index in [1.165, 1.54) is 6.42 Å². The van der Waals surface area contributed by atoms with Crippen molar-refractivity contribution in [3.63, 3.8) is 0 Å². The van der Waals surface area contributed by atoms with Crippen LogP contribution in [0, 0.1) is 0 Å². The van der Waals surface area contributed by atoms with Gasteiger partial charge in [-0.25, -0.2) is 0 Å². The van der Waals surface area contributed by atoms with Gasteiger partial charge in [-0.15, -0.1) is 6.58 Å². The molecule has 0 spiro atoms. The first-order valence-corrected chi connectivity index (χ1v) is 10.2. The molecule has 28 heavy (non-hydrogen) atoms. The Morgan fingerprint density at radius 1 is 0.643 bits per heavy atom. The van der Waals surface area contributed by atoms with E-state index in [9.17, 15) is 0 Å². The summed E-state index contributed by atoms with van der Waals surface area (Å²) < 4.78 is 43.3. The Labute approximate surface area is 169 Å². The molecule has 1 fully saturated rings. The standard InChI is InChI=1S/C20H38O8/c1-2-6-21-8-9-22-10-11-23-12-13-24-14-15-25-16-17-26-18-19-28-20-5-3-4-7-27-20/h2,20H,1,3-19H2. The van der Waals surface area contributed by atoms with Gasteiger partial charge in [-0.1, -0.05) is 6.08 Å². The molecule has 0 aromatic carbocycles. The van der Waals surface area contributed by atoms with Gasteiger partial charge in [0.15, 0.2) is 6.29 Å². The highest BCUT2D eigenvalue weighted by Crippen LogP contribution is 2.13. The first kappa shape index (κ1) is 25.5. The lowest BCUT2D eigenvalue weighted by Crippen LogP contribution is -2.24. The van der Waals surface area contributed by atoms with E-state index in [1.807, 2.05) is 0 Å². The highest BCUT2D eigenvalue weighted by Gasteiger charge is 2.13. The third-order valence-electron chi connectivity index (χ3n) is 3.77.